The van der Waals surface area contributed by atoms with Crippen LogP contribution in [0.5, 0.6) is 11.5 Å². The van der Waals surface area contributed by atoms with E-state index < -0.39 is 118 Å². The van der Waals surface area contributed by atoms with Crippen molar-refractivity contribution < 1.29 is 83.5 Å². The van der Waals surface area contributed by atoms with E-state index in [-0.39, 0.29) is 80.2 Å². The number of likely N-dealkylation sites (N-methyl/N-ethyl adjacent to an activating group) is 1. The Balaban J connectivity index is 0.000000294. The number of phenols is 1. The fraction of sp³-hybridized carbons (Fsp3) is 0.569. The van der Waals surface area contributed by atoms with Gasteiger partial charge in [-0.3, -0.25) is 28.8 Å². The Hall–Kier alpha value is -6.56. The minimum Gasteiger partial charge on any atom is -0.507 e. The number of carbonyl (C=O) groups excluding carboxylic acids is 6. The molecule has 5 aliphatic carbocycles. The van der Waals surface area contributed by atoms with Crippen LogP contribution in [0.2, 0.25) is 0 Å². The number of hydrogen-bond donors (Lipinski definition) is 9. The fourth-order valence-electron chi connectivity index (χ4n) is 14.9. The Bertz CT molecular complexity index is 3170. The molecule has 3 saturated carbocycles. The predicted octanol–water partition coefficient (Wildman–Crippen LogP) is 5.15. The van der Waals surface area contributed by atoms with Gasteiger partial charge in [0.2, 0.25) is 0 Å². The maximum Gasteiger partial charge on any atom is 0.312 e. The molecule has 4 aliphatic heterocycles. The van der Waals surface area contributed by atoms with Gasteiger partial charge < -0.3 is 70.3 Å². The zero-order chi connectivity index (χ0) is 63.4. The number of rotatable bonds is 6. The molecule has 5 bridgehead atoms. The summed E-state index contributed by atoms with van der Waals surface area (Å²) in [4.78, 5) is 81.6. The Labute approximate surface area is 502 Å². The Morgan fingerprint density at radius 1 is 0.942 bits per heavy atom. The molecule has 1 saturated heterocycles. The Morgan fingerprint density at radius 3 is 2.26 bits per heavy atom. The number of nitrogens with zero attached hydrogens (tertiary/aromatic N) is 2. The van der Waals surface area contributed by atoms with E-state index in [1.54, 1.807) is 52.0 Å². The highest BCUT2D eigenvalue weighted by atomic mass is 16.7. The van der Waals surface area contributed by atoms with Crippen molar-refractivity contribution in [1.29, 1.82) is 0 Å². The van der Waals surface area contributed by atoms with Crippen molar-refractivity contribution >= 4 is 40.8 Å². The molecule has 1 aromatic carbocycles. The van der Waals surface area contributed by atoms with Gasteiger partial charge in [0.05, 0.1) is 58.6 Å². The molecule has 1 amide bonds. The fourth-order valence-corrected chi connectivity index (χ4v) is 14.9. The van der Waals surface area contributed by atoms with Gasteiger partial charge in [0, 0.05) is 105 Å². The molecule has 0 spiro atoms. The second-order valence-electron chi connectivity index (χ2n) is 25.5. The largest absolute Gasteiger partial charge is 0.507 e. The molecule has 4 heterocycles. The van der Waals surface area contributed by atoms with Gasteiger partial charge in [0.15, 0.2) is 28.7 Å². The summed E-state index contributed by atoms with van der Waals surface area (Å²) >= 11 is 0. The van der Waals surface area contributed by atoms with Crippen molar-refractivity contribution in [2.75, 3.05) is 46.9 Å². The van der Waals surface area contributed by atoms with Gasteiger partial charge in [-0.1, -0.05) is 78.0 Å². The molecular formula is C65H86N4O17. The molecule has 1 aromatic rings. The normalized spacial score (nSPS) is 38.6. The van der Waals surface area contributed by atoms with Gasteiger partial charge in [0.1, 0.15) is 24.2 Å². The average Bonchev–Trinajstić information content (AvgIpc) is 1.44. The molecule has 4 fully saturated rings. The van der Waals surface area contributed by atoms with Crippen molar-refractivity contribution in [3.05, 3.63) is 112 Å². The number of esters is 1. The number of nitrogens with one attached hydrogen (secondary N) is 2. The van der Waals surface area contributed by atoms with Crippen LogP contribution in [-0.2, 0) is 33.4 Å². The number of hydrazine groups is 1. The van der Waals surface area contributed by atoms with Crippen molar-refractivity contribution in [2.24, 2.45) is 52.3 Å². The van der Waals surface area contributed by atoms with Crippen LogP contribution in [0.3, 0.4) is 0 Å². The lowest BCUT2D eigenvalue weighted by Gasteiger charge is -2.59. The van der Waals surface area contributed by atoms with E-state index in [1.165, 1.54) is 59.4 Å². The minimum atomic E-state index is -2.06. The second kappa shape index (κ2) is 24.9. The van der Waals surface area contributed by atoms with E-state index in [2.05, 4.69) is 29.1 Å². The lowest BCUT2D eigenvalue weighted by molar-refractivity contribution is -0.173. The highest BCUT2D eigenvalue weighted by Gasteiger charge is 2.69. The second-order valence-corrected chi connectivity index (χ2v) is 25.5. The van der Waals surface area contributed by atoms with Crippen LogP contribution in [-0.4, -0.2) is 170 Å². The molecule has 468 valence electrons. The molecule has 0 aromatic heterocycles. The molecule has 9 N–H and O–H groups in total. The lowest BCUT2D eigenvalue weighted by Crippen LogP contribution is -2.62. The number of aromatic hydroxyl groups is 1. The van der Waals surface area contributed by atoms with E-state index in [0.29, 0.717) is 25.1 Å². The molecule has 9 aliphatic rings. The van der Waals surface area contributed by atoms with Crippen molar-refractivity contribution in [3.8, 4) is 11.5 Å². The SMILES string of the molecule is C=C1C[C@H]2[C@@H]3CCC4=CC(=O)C=C[C@]4(C)[C@H]3[C@@H](O)C[C@]2(C)[C@@]1(O)C(=O)CO.CO[C@H]1/C=C\O[C@@]2(C)Oc3c(C)c(O)c4c(c3C2=O)C(=O)/C(=C/NN2CCN(C)CC2)C(=C4O)NC(=O)/C(C)=C\C=C/[C@H](C)[C@@H](O)[C@H](C)[C@@H](O)[C@H](C)[C@@H](OC(C)=O)[C@H]1C. The summed E-state index contributed by atoms with van der Waals surface area (Å²) in [6, 6.07) is 0. The molecule has 21 nitrogen and oxygen atoms in total. The van der Waals surface area contributed by atoms with Crippen LogP contribution in [0.25, 0.3) is 5.76 Å². The van der Waals surface area contributed by atoms with Crippen LogP contribution < -0.4 is 15.5 Å². The Morgan fingerprint density at radius 2 is 1.62 bits per heavy atom. The first-order valence-electron chi connectivity index (χ1n) is 29.6. The van der Waals surface area contributed by atoms with E-state index in [1.807, 2.05) is 25.1 Å². The third-order valence-electron chi connectivity index (χ3n) is 20.1. The average molecular weight is 1200 g/mol. The monoisotopic (exact) mass is 1190 g/mol. The molecule has 10 rings (SSSR count). The zero-order valence-electron chi connectivity index (χ0n) is 51.3. The third-order valence-corrected chi connectivity index (χ3v) is 20.1. The third kappa shape index (κ3) is 11.4. The van der Waals surface area contributed by atoms with Crippen LogP contribution in [0.1, 0.15) is 120 Å². The van der Waals surface area contributed by atoms with E-state index in [0.717, 1.165) is 31.5 Å². The number of hydrogen-bond acceptors (Lipinski definition) is 20. The number of aliphatic hydroxyl groups is 6. The number of ether oxygens (including phenoxy) is 4. The molecule has 0 radical (unpaired) electrons. The summed E-state index contributed by atoms with van der Waals surface area (Å²) in [6.07, 6.45) is 11.7. The molecule has 0 unspecified atom stereocenters. The summed E-state index contributed by atoms with van der Waals surface area (Å²) < 4.78 is 23.6. The first-order chi connectivity index (χ1) is 40.3. The smallest absolute Gasteiger partial charge is 0.312 e. The van der Waals surface area contributed by atoms with Crippen LogP contribution in [0, 0.1) is 59.2 Å². The van der Waals surface area contributed by atoms with E-state index in [4.69, 9.17) is 18.9 Å². The number of phenolic OH excluding ortho intramolecular Hbond substituents is 1. The summed E-state index contributed by atoms with van der Waals surface area (Å²) in [5.41, 5.74) is 0.372. The van der Waals surface area contributed by atoms with Gasteiger partial charge in [-0.05, 0) is 82.2 Å². The first kappa shape index (κ1) is 65.4. The number of Topliss-reactive ketones (excluding diaryl/α,β-unsaturated/α-hetero) is 3. The lowest BCUT2D eigenvalue weighted by atomic mass is 9.46. The molecule has 21 heteroatoms. The number of fused-ring (bicyclic) bond motifs is 19. The van der Waals surface area contributed by atoms with Crippen molar-refractivity contribution in [3.63, 3.8) is 0 Å². The summed E-state index contributed by atoms with van der Waals surface area (Å²) in [5, 5.41) is 82.8. The number of benzene rings is 1. The number of aliphatic hydroxyl groups excluding tert-OH is 5. The highest BCUT2D eigenvalue weighted by molar-refractivity contribution is 6.26. The molecular weight excluding hydrogens is 1110 g/mol. The van der Waals surface area contributed by atoms with Gasteiger partial charge in [0.25, 0.3) is 11.7 Å². The summed E-state index contributed by atoms with van der Waals surface area (Å²) in [5.74, 6) is -9.32. The van der Waals surface area contributed by atoms with Gasteiger partial charge in [-0.2, -0.15) is 0 Å². The molecule has 16 atom stereocenters. The van der Waals surface area contributed by atoms with Gasteiger partial charge in [-0.15, -0.1) is 0 Å². The summed E-state index contributed by atoms with van der Waals surface area (Å²) in [6.45, 7) is 22.3. The van der Waals surface area contributed by atoms with Gasteiger partial charge in [-0.25, -0.2) is 5.01 Å². The highest BCUT2D eigenvalue weighted by Crippen LogP contribution is 2.68. The Kier molecular flexibility index (Phi) is 18.9. The maximum absolute atomic E-state index is 14.7. The zero-order valence-corrected chi connectivity index (χ0v) is 51.3. The van der Waals surface area contributed by atoms with Crippen molar-refractivity contribution in [2.45, 2.75) is 137 Å². The van der Waals surface area contributed by atoms with Crippen LogP contribution in [0.4, 0.5) is 0 Å². The maximum atomic E-state index is 14.7. The van der Waals surface area contributed by atoms with Crippen LogP contribution >= 0.6 is 0 Å². The van der Waals surface area contributed by atoms with Crippen molar-refractivity contribution in [1.82, 2.24) is 20.7 Å². The number of ketones is 4. The van der Waals surface area contributed by atoms with Gasteiger partial charge >= 0.3 is 11.8 Å². The quantitative estimate of drug-likeness (QED) is 0.101. The van der Waals surface area contributed by atoms with Crippen LogP contribution in [0.15, 0.2) is 89.6 Å². The number of methoxy groups -OCH3 is 1. The minimum absolute atomic E-state index is 0.00306. The summed E-state index contributed by atoms with van der Waals surface area (Å²) in [7, 11) is 3.42. The van der Waals surface area contributed by atoms with E-state index in [9.17, 15) is 64.5 Å². The topological polar surface area (TPSA) is 311 Å². The first-order valence-corrected chi connectivity index (χ1v) is 29.6. The predicted molar refractivity (Wildman–Crippen MR) is 316 cm³/mol. The number of amides is 1. The number of piperazine rings is 1. The van der Waals surface area contributed by atoms with E-state index >= 15 is 0 Å². The molecule has 86 heavy (non-hydrogen) atoms. The number of carbonyl (C=O) groups is 6. The number of allylic oxidation sites excluding steroid dienone is 7. The standard InChI is InChI=1S/C43H58N4O12.C22H28O5/c1-21-12-11-13-22(2)42(55)45-33-28(20-44-47-17-15-46(9)16-18-47)37(52)30-31(38(33)53)36(51)26(6)40-32(30)41(54)43(8,59-40)57-19-14-29(56-10)23(3)39(58-27(7)48)25(5)35(50)24(4)34(21)49;1-12-8-16-15-5-4-13-9-14(24)6-7-20(13,2)19(15)17(25)10-21(16,3)22(12,27)18(26)11-23/h11-14,19-21,23-25,29,34-35,39,44,49-51,53H,15-18H2,1-10H3,(H,45,55);6-7,9,15-17,19,23,25,27H,1,4-5,8,10-11H2,2-3H3/b12-11-,19-14-,22-13-,28-20+;/t21-,23-,24-,25-,29-,34+,35+,39-,43-;15-,16-,17-,19+,20-,21-,22-/m00/s1.